The number of rotatable bonds is 10. The van der Waals surface area contributed by atoms with E-state index in [2.05, 4.69) is 5.32 Å². The minimum Gasteiger partial charge on any atom is -0.352 e. The van der Waals surface area contributed by atoms with Crippen molar-refractivity contribution in [2.24, 2.45) is 0 Å². The Bertz CT molecular complexity index is 1400. The van der Waals surface area contributed by atoms with Crippen LogP contribution in [-0.2, 0) is 26.2 Å². The van der Waals surface area contributed by atoms with E-state index >= 15 is 0 Å². The van der Waals surface area contributed by atoms with Crippen molar-refractivity contribution in [1.82, 2.24) is 10.2 Å². The van der Waals surface area contributed by atoms with Gasteiger partial charge in [0.2, 0.25) is 11.8 Å². The highest BCUT2D eigenvalue weighted by Crippen LogP contribution is 2.27. The van der Waals surface area contributed by atoms with Gasteiger partial charge < -0.3 is 10.2 Å². The summed E-state index contributed by atoms with van der Waals surface area (Å²) in [5.74, 6) is -0.918. The van der Waals surface area contributed by atoms with E-state index in [1.165, 1.54) is 29.2 Å². The lowest BCUT2D eigenvalue weighted by molar-refractivity contribution is -0.139. The van der Waals surface area contributed by atoms with Crippen LogP contribution in [0, 0.1) is 6.92 Å². The Labute approximate surface area is 234 Å². The number of aryl methyl sites for hydroxylation is 1. The minimum atomic E-state index is -4.16. The van der Waals surface area contributed by atoms with Crippen LogP contribution < -0.4 is 9.62 Å². The van der Waals surface area contributed by atoms with Gasteiger partial charge in [-0.1, -0.05) is 53.5 Å². The normalized spacial score (nSPS) is 12.2. The number of hydrogen-bond acceptors (Lipinski definition) is 4. The van der Waals surface area contributed by atoms with E-state index < -0.39 is 28.5 Å². The summed E-state index contributed by atoms with van der Waals surface area (Å²) in [6.07, 6.45) is 0. The molecule has 38 heavy (non-hydrogen) atoms. The van der Waals surface area contributed by atoms with Crippen molar-refractivity contribution in [1.29, 1.82) is 0 Å². The molecule has 10 heteroatoms. The summed E-state index contributed by atoms with van der Waals surface area (Å²) >= 11 is 12.3. The van der Waals surface area contributed by atoms with Gasteiger partial charge in [0.25, 0.3) is 10.0 Å². The number of nitrogens with one attached hydrogen (secondary N) is 1. The van der Waals surface area contributed by atoms with Crippen LogP contribution in [0.2, 0.25) is 10.0 Å². The molecule has 3 rings (SSSR count). The number of carbonyl (C=O) groups excluding carboxylic acids is 2. The zero-order valence-electron chi connectivity index (χ0n) is 21.7. The predicted octanol–water partition coefficient (Wildman–Crippen LogP) is 5.44. The molecule has 3 aromatic carbocycles. The SMILES string of the molecule is Cc1cccc(N(CC(=O)N(Cc2ccccc2Cl)C(C)C(=O)NC(C)C)S(=O)(=O)c2ccc(Cl)cc2)c1. The average Bonchev–Trinajstić information content (AvgIpc) is 2.86. The largest absolute Gasteiger partial charge is 0.352 e. The Balaban J connectivity index is 2.04. The van der Waals surface area contributed by atoms with Gasteiger partial charge in [-0.25, -0.2) is 8.42 Å². The fourth-order valence-corrected chi connectivity index (χ4v) is 5.57. The molecule has 1 atom stereocenters. The van der Waals surface area contributed by atoms with E-state index in [-0.39, 0.29) is 23.4 Å². The van der Waals surface area contributed by atoms with Crippen molar-refractivity contribution in [3.8, 4) is 0 Å². The van der Waals surface area contributed by atoms with E-state index in [1.54, 1.807) is 49.4 Å². The Kier molecular flexibility index (Phi) is 9.82. The summed E-state index contributed by atoms with van der Waals surface area (Å²) in [4.78, 5) is 28.1. The van der Waals surface area contributed by atoms with Crippen LogP contribution in [-0.4, -0.2) is 43.8 Å². The zero-order valence-corrected chi connectivity index (χ0v) is 24.0. The standard InChI is InChI=1S/C28H31Cl2N3O4S/c1-19(2)31-28(35)21(4)32(17-22-9-5-6-11-26(22)30)27(34)18-33(24-10-7-8-20(3)16-24)38(36,37)25-14-12-23(29)13-15-25/h5-16,19,21H,17-18H2,1-4H3,(H,31,35). The quantitative estimate of drug-likeness (QED) is 0.348. The monoisotopic (exact) mass is 575 g/mol. The average molecular weight is 577 g/mol. The van der Waals surface area contributed by atoms with Crippen molar-refractivity contribution >= 4 is 50.7 Å². The molecular formula is C28H31Cl2N3O4S. The molecular weight excluding hydrogens is 545 g/mol. The third-order valence-corrected chi connectivity index (χ3v) is 8.28. The number of nitrogens with zero attached hydrogens (tertiary/aromatic N) is 2. The molecule has 0 aliphatic heterocycles. The molecule has 0 heterocycles. The fraction of sp³-hybridized carbons (Fsp3) is 0.286. The molecule has 0 bridgehead atoms. The first-order chi connectivity index (χ1) is 17.9. The van der Waals surface area contributed by atoms with E-state index in [9.17, 15) is 18.0 Å². The van der Waals surface area contributed by atoms with Crippen molar-refractivity contribution in [3.63, 3.8) is 0 Å². The smallest absolute Gasteiger partial charge is 0.264 e. The Morgan fingerprint density at radius 2 is 1.58 bits per heavy atom. The van der Waals surface area contributed by atoms with Gasteiger partial charge in [-0.2, -0.15) is 0 Å². The third-order valence-electron chi connectivity index (χ3n) is 5.87. The van der Waals surface area contributed by atoms with Crippen LogP contribution in [0.3, 0.4) is 0 Å². The van der Waals surface area contributed by atoms with E-state index in [4.69, 9.17) is 23.2 Å². The van der Waals surface area contributed by atoms with Crippen LogP contribution in [0.5, 0.6) is 0 Å². The second-order valence-electron chi connectivity index (χ2n) is 9.26. The molecule has 0 saturated carbocycles. The first kappa shape index (κ1) is 29.5. The zero-order chi connectivity index (χ0) is 28.0. The molecule has 0 radical (unpaired) electrons. The van der Waals surface area contributed by atoms with Crippen LogP contribution in [0.15, 0.2) is 77.7 Å². The van der Waals surface area contributed by atoms with Gasteiger partial charge in [-0.15, -0.1) is 0 Å². The molecule has 0 fully saturated rings. The van der Waals surface area contributed by atoms with E-state index in [1.807, 2.05) is 26.8 Å². The Hall–Kier alpha value is -3.07. The van der Waals surface area contributed by atoms with Crippen LogP contribution >= 0.6 is 23.2 Å². The number of benzene rings is 3. The van der Waals surface area contributed by atoms with Crippen molar-refractivity contribution < 1.29 is 18.0 Å². The van der Waals surface area contributed by atoms with Gasteiger partial charge >= 0.3 is 0 Å². The number of anilines is 1. The Morgan fingerprint density at radius 3 is 2.18 bits per heavy atom. The predicted molar refractivity (Wildman–Crippen MR) is 152 cm³/mol. The van der Waals surface area contributed by atoms with Crippen LogP contribution in [0.4, 0.5) is 5.69 Å². The second-order valence-corrected chi connectivity index (χ2v) is 12.0. The first-order valence-corrected chi connectivity index (χ1v) is 14.3. The van der Waals surface area contributed by atoms with Gasteiger partial charge in [-0.3, -0.25) is 13.9 Å². The lowest BCUT2D eigenvalue weighted by atomic mass is 10.1. The summed E-state index contributed by atoms with van der Waals surface area (Å²) in [7, 11) is -4.16. The second kappa shape index (κ2) is 12.7. The van der Waals surface area contributed by atoms with Crippen LogP contribution in [0.25, 0.3) is 0 Å². The molecule has 0 aliphatic carbocycles. The summed E-state index contributed by atoms with van der Waals surface area (Å²) < 4.78 is 28.6. The van der Waals surface area contributed by atoms with Crippen LogP contribution in [0.1, 0.15) is 31.9 Å². The molecule has 0 saturated heterocycles. The molecule has 1 N–H and O–H groups in total. The maximum absolute atomic E-state index is 13.9. The summed E-state index contributed by atoms with van der Waals surface area (Å²) in [5, 5.41) is 3.65. The fourth-order valence-electron chi connectivity index (χ4n) is 3.84. The summed E-state index contributed by atoms with van der Waals surface area (Å²) in [5.41, 5.74) is 1.78. The number of hydrogen-bond donors (Lipinski definition) is 1. The van der Waals surface area contributed by atoms with Crippen molar-refractivity contribution in [2.75, 3.05) is 10.8 Å². The lowest BCUT2D eigenvalue weighted by Crippen LogP contribution is -2.52. The molecule has 7 nitrogen and oxygen atoms in total. The van der Waals surface area contributed by atoms with Gasteiger partial charge in [-0.05, 0) is 81.3 Å². The third kappa shape index (κ3) is 7.28. The van der Waals surface area contributed by atoms with Gasteiger partial charge in [0.05, 0.1) is 10.6 Å². The van der Waals surface area contributed by atoms with Crippen molar-refractivity contribution in [2.45, 2.75) is 51.2 Å². The maximum atomic E-state index is 13.9. The van der Waals surface area contributed by atoms with Gasteiger partial charge in [0.15, 0.2) is 0 Å². The molecule has 0 aliphatic rings. The van der Waals surface area contributed by atoms with Gasteiger partial charge in [0, 0.05) is 22.6 Å². The van der Waals surface area contributed by atoms with E-state index in [0.29, 0.717) is 21.3 Å². The summed E-state index contributed by atoms with van der Waals surface area (Å²) in [6.45, 7) is 6.58. The molecule has 0 aromatic heterocycles. The number of amides is 2. The molecule has 2 amide bonds. The molecule has 1 unspecified atom stereocenters. The number of sulfonamides is 1. The first-order valence-electron chi connectivity index (χ1n) is 12.1. The van der Waals surface area contributed by atoms with E-state index in [0.717, 1.165) is 9.87 Å². The Morgan fingerprint density at radius 1 is 0.921 bits per heavy atom. The lowest BCUT2D eigenvalue weighted by Gasteiger charge is -2.32. The highest BCUT2D eigenvalue weighted by atomic mass is 35.5. The molecule has 0 spiro atoms. The number of halogens is 2. The maximum Gasteiger partial charge on any atom is 0.264 e. The highest BCUT2D eigenvalue weighted by molar-refractivity contribution is 7.92. The number of carbonyl (C=O) groups is 2. The molecule has 202 valence electrons. The van der Waals surface area contributed by atoms with Crippen molar-refractivity contribution in [3.05, 3.63) is 94.0 Å². The van der Waals surface area contributed by atoms with Gasteiger partial charge in [0.1, 0.15) is 12.6 Å². The topological polar surface area (TPSA) is 86.8 Å². The minimum absolute atomic E-state index is 0.0144. The summed E-state index contributed by atoms with van der Waals surface area (Å²) in [6, 6.07) is 18.6. The molecule has 3 aromatic rings. The highest BCUT2D eigenvalue weighted by Gasteiger charge is 2.33.